The second kappa shape index (κ2) is 9.05. The van der Waals surface area contributed by atoms with E-state index in [0.29, 0.717) is 35.7 Å². The number of pyridine rings is 2. The van der Waals surface area contributed by atoms with Gasteiger partial charge < -0.3 is 20.4 Å². The zero-order chi connectivity index (χ0) is 24.5. The maximum absolute atomic E-state index is 12.5. The highest BCUT2D eigenvalue weighted by Crippen LogP contribution is 2.33. The van der Waals surface area contributed by atoms with Crippen LogP contribution in [0.1, 0.15) is 36.2 Å². The summed E-state index contributed by atoms with van der Waals surface area (Å²) in [5, 5.41) is 10.9. The zero-order valence-electron chi connectivity index (χ0n) is 19.7. The third kappa shape index (κ3) is 4.14. The third-order valence-corrected chi connectivity index (χ3v) is 5.89. The van der Waals surface area contributed by atoms with E-state index in [4.69, 9.17) is 15.5 Å². The van der Waals surface area contributed by atoms with Crippen molar-refractivity contribution in [2.45, 2.75) is 26.3 Å². The molecule has 0 saturated heterocycles. The number of aromatic nitrogens is 6. The fourth-order valence-corrected chi connectivity index (χ4v) is 4.25. The second-order valence-corrected chi connectivity index (χ2v) is 8.48. The van der Waals surface area contributed by atoms with Gasteiger partial charge in [0.1, 0.15) is 22.8 Å². The molecular formula is C25H26N8O2. The van der Waals surface area contributed by atoms with Gasteiger partial charge in [0, 0.05) is 36.2 Å². The van der Waals surface area contributed by atoms with Crippen LogP contribution in [-0.2, 0) is 6.42 Å². The summed E-state index contributed by atoms with van der Waals surface area (Å²) in [5.74, 6) is 1.55. The number of imidazole rings is 1. The molecule has 0 unspecified atom stereocenters. The SMILES string of the molecule is COc1ccc(C(=O)NCCc2nc3c(N)nc4cc(-c5ccn[nH]5)ccc4c3n2C(C)C)nc1. The Hall–Kier alpha value is -4.47. The molecule has 178 valence electrons. The summed E-state index contributed by atoms with van der Waals surface area (Å²) in [6.07, 6.45) is 3.77. The lowest BCUT2D eigenvalue weighted by Gasteiger charge is -2.15. The number of carbonyl (C=O) groups excluding carboxylic acids is 1. The van der Waals surface area contributed by atoms with Crippen molar-refractivity contribution in [1.29, 1.82) is 0 Å². The van der Waals surface area contributed by atoms with Crippen LogP contribution in [0.5, 0.6) is 5.75 Å². The number of amides is 1. The van der Waals surface area contributed by atoms with Gasteiger partial charge in [-0.3, -0.25) is 9.89 Å². The Bertz CT molecular complexity index is 1500. The number of nitrogen functional groups attached to an aromatic ring is 1. The Morgan fingerprint density at radius 3 is 2.74 bits per heavy atom. The number of nitrogens with zero attached hydrogens (tertiary/aromatic N) is 5. The molecule has 0 aliphatic rings. The van der Waals surface area contributed by atoms with Crippen molar-refractivity contribution in [2.75, 3.05) is 19.4 Å². The molecule has 5 rings (SSSR count). The van der Waals surface area contributed by atoms with Crippen LogP contribution in [0.4, 0.5) is 5.82 Å². The van der Waals surface area contributed by atoms with Gasteiger partial charge in [0.05, 0.1) is 30.0 Å². The minimum absolute atomic E-state index is 0.131. The normalized spacial score (nSPS) is 11.4. The van der Waals surface area contributed by atoms with Crippen LogP contribution >= 0.6 is 0 Å². The molecule has 0 aliphatic carbocycles. The van der Waals surface area contributed by atoms with E-state index in [1.807, 2.05) is 24.3 Å². The number of H-pyrrole nitrogens is 1. The van der Waals surface area contributed by atoms with E-state index in [0.717, 1.165) is 33.5 Å². The summed E-state index contributed by atoms with van der Waals surface area (Å²) in [6.45, 7) is 4.61. The molecule has 0 bridgehead atoms. The van der Waals surface area contributed by atoms with Crippen molar-refractivity contribution >= 4 is 33.7 Å². The Kier molecular flexibility index (Phi) is 5.77. The van der Waals surface area contributed by atoms with Crippen LogP contribution in [0.2, 0.25) is 0 Å². The van der Waals surface area contributed by atoms with Gasteiger partial charge in [-0.05, 0) is 44.2 Å². The van der Waals surface area contributed by atoms with Crippen molar-refractivity contribution in [2.24, 2.45) is 0 Å². The molecule has 35 heavy (non-hydrogen) atoms. The van der Waals surface area contributed by atoms with Crippen LogP contribution < -0.4 is 15.8 Å². The molecule has 4 heterocycles. The van der Waals surface area contributed by atoms with Crippen molar-refractivity contribution < 1.29 is 9.53 Å². The summed E-state index contributed by atoms with van der Waals surface area (Å²) in [4.78, 5) is 26.1. The maximum atomic E-state index is 12.5. The fourth-order valence-electron chi connectivity index (χ4n) is 4.25. The van der Waals surface area contributed by atoms with Crippen molar-refractivity contribution in [1.82, 2.24) is 35.0 Å². The van der Waals surface area contributed by atoms with Gasteiger partial charge in [0.2, 0.25) is 0 Å². The Morgan fingerprint density at radius 2 is 2.06 bits per heavy atom. The molecule has 1 amide bonds. The van der Waals surface area contributed by atoms with E-state index >= 15 is 0 Å². The molecule has 0 atom stereocenters. The first kappa shape index (κ1) is 22.3. The number of fused-ring (bicyclic) bond motifs is 3. The van der Waals surface area contributed by atoms with Crippen molar-refractivity contribution in [3.05, 3.63) is 60.3 Å². The van der Waals surface area contributed by atoms with E-state index in [9.17, 15) is 4.79 Å². The fraction of sp³-hybridized carbons (Fsp3) is 0.240. The minimum atomic E-state index is -0.252. The molecular weight excluding hydrogens is 444 g/mol. The lowest BCUT2D eigenvalue weighted by Crippen LogP contribution is -2.27. The number of carbonyl (C=O) groups is 1. The van der Waals surface area contributed by atoms with Crippen LogP contribution in [0.15, 0.2) is 48.8 Å². The van der Waals surface area contributed by atoms with Crippen molar-refractivity contribution in [3.63, 3.8) is 0 Å². The molecule has 4 N–H and O–H groups in total. The van der Waals surface area contributed by atoms with Crippen LogP contribution in [0.3, 0.4) is 0 Å². The predicted octanol–water partition coefficient (Wildman–Crippen LogP) is 3.51. The lowest BCUT2D eigenvalue weighted by molar-refractivity contribution is 0.0949. The largest absolute Gasteiger partial charge is 0.495 e. The van der Waals surface area contributed by atoms with Gasteiger partial charge in [-0.15, -0.1) is 0 Å². The predicted molar refractivity (Wildman–Crippen MR) is 134 cm³/mol. The van der Waals surface area contributed by atoms with Gasteiger partial charge >= 0.3 is 0 Å². The van der Waals surface area contributed by atoms with E-state index in [2.05, 4.69) is 43.9 Å². The van der Waals surface area contributed by atoms with Crippen LogP contribution in [-0.4, -0.2) is 49.3 Å². The topological polar surface area (TPSA) is 137 Å². The number of hydrogen-bond donors (Lipinski definition) is 3. The van der Waals surface area contributed by atoms with Gasteiger partial charge in [-0.2, -0.15) is 5.10 Å². The number of nitrogens with two attached hydrogens (primary N) is 1. The van der Waals surface area contributed by atoms with E-state index in [1.165, 1.54) is 6.20 Å². The minimum Gasteiger partial charge on any atom is -0.495 e. The van der Waals surface area contributed by atoms with Crippen LogP contribution in [0.25, 0.3) is 33.2 Å². The van der Waals surface area contributed by atoms with Gasteiger partial charge in [-0.25, -0.2) is 15.0 Å². The zero-order valence-corrected chi connectivity index (χ0v) is 19.7. The number of anilines is 1. The molecule has 10 nitrogen and oxygen atoms in total. The summed E-state index contributed by atoms with van der Waals surface area (Å²) in [7, 11) is 1.56. The van der Waals surface area contributed by atoms with Gasteiger partial charge in [0.15, 0.2) is 5.82 Å². The summed E-state index contributed by atoms with van der Waals surface area (Å²) in [6, 6.07) is 11.5. The average molecular weight is 471 g/mol. The maximum Gasteiger partial charge on any atom is 0.269 e. The first-order valence-electron chi connectivity index (χ1n) is 11.3. The molecule has 5 aromatic rings. The quantitative estimate of drug-likeness (QED) is 0.331. The molecule has 4 aromatic heterocycles. The highest BCUT2D eigenvalue weighted by Gasteiger charge is 2.20. The van der Waals surface area contributed by atoms with Crippen LogP contribution in [0, 0.1) is 0 Å². The van der Waals surface area contributed by atoms with E-state index in [-0.39, 0.29) is 11.9 Å². The number of aromatic amines is 1. The molecule has 1 aromatic carbocycles. The molecule has 10 heteroatoms. The van der Waals surface area contributed by atoms with E-state index in [1.54, 1.807) is 25.4 Å². The molecule has 0 spiro atoms. The molecule has 0 radical (unpaired) electrons. The third-order valence-electron chi connectivity index (χ3n) is 5.89. The summed E-state index contributed by atoms with van der Waals surface area (Å²) in [5.41, 5.74) is 11.0. The Morgan fingerprint density at radius 1 is 1.20 bits per heavy atom. The Labute approximate surface area is 201 Å². The summed E-state index contributed by atoms with van der Waals surface area (Å²) < 4.78 is 7.26. The van der Waals surface area contributed by atoms with Gasteiger partial charge in [-0.1, -0.05) is 6.07 Å². The van der Waals surface area contributed by atoms with E-state index < -0.39 is 0 Å². The first-order valence-corrected chi connectivity index (χ1v) is 11.3. The number of rotatable bonds is 7. The number of benzene rings is 1. The molecule has 0 saturated carbocycles. The number of hydrogen-bond acceptors (Lipinski definition) is 7. The second-order valence-electron chi connectivity index (χ2n) is 8.48. The first-order chi connectivity index (χ1) is 17.0. The standard InChI is InChI=1S/C25H26N8O2/c1-14(2)33-21(9-10-27-25(34)19-7-5-16(35-3)13-28-19)31-22-23(33)17-6-4-15(18-8-11-29-32-18)12-20(17)30-24(22)26/h4-8,11-14H,9-10H2,1-3H3,(H2,26,30)(H,27,34)(H,29,32). The number of methoxy groups -OCH3 is 1. The molecule has 0 fully saturated rings. The highest BCUT2D eigenvalue weighted by atomic mass is 16.5. The number of nitrogens with one attached hydrogen (secondary N) is 2. The molecule has 0 aliphatic heterocycles. The van der Waals surface area contributed by atoms with Crippen molar-refractivity contribution in [3.8, 4) is 17.0 Å². The lowest BCUT2D eigenvalue weighted by atomic mass is 10.1. The summed E-state index contributed by atoms with van der Waals surface area (Å²) >= 11 is 0. The number of ether oxygens (including phenoxy) is 1. The average Bonchev–Trinajstić information content (AvgIpc) is 3.53. The monoisotopic (exact) mass is 470 g/mol. The highest BCUT2D eigenvalue weighted by molar-refractivity contribution is 6.07. The Balaban J connectivity index is 1.46. The van der Waals surface area contributed by atoms with Gasteiger partial charge in [0.25, 0.3) is 5.91 Å². The smallest absolute Gasteiger partial charge is 0.269 e.